The quantitative estimate of drug-likeness (QED) is 0.182. The third-order valence-electron chi connectivity index (χ3n) is 8.23. The summed E-state index contributed by atoms with van der Waals surface area (Å²) in [7, 11) is 1.11. The molecule has 0 saturated heterocycles. The van der Waals surface area contributed by atoms with E-state index in [4.69, 9.17) is 16.3 Å². The summed E-state index contributed by atoms with van der Waals surface area (Å²) in [5, 5.41) is 46.7. The number of ether oxygens (including phenoxy) is 1. The van der Waals surface area contributed by atoms with Crippen LogP contribution in [0.15, 0.2) is 59.1 Å². The standard InChI is InChI=1S/C28H17ClN6O9/c1-44-13-5-12(36)15-16(21(13)37)23(39)18-17(22(15)38)25(41)28(26(18)42)3-2-10-19(28)24(40)14-11(20(10)29)4-9(33-27(14)43)6-30-34-35-7-31-32-8-35/h4-5,7-8,40-42H,2-3,6H2,1H3,(H,33,43)/t28-/m0/s1. The van der Waals surface area contributed by atoms with Crippen LogP contribution in [0.5, 0.6) is 11.5 Å². The molecule has 220 valence electrons. The Bertz CT molecular complexity index is 2630. The Morgan fingerprint density at radius 1 is 0.977 bits per heavy atom. The topological polar surface area (TPSA) is 226 Å². The molecule has 15 nitrogen and oxygen atoms in total. The number of fused-ring (bicyclic) bond motifs is 4. The first-order chi connectivity index (χ1) is 21.0. The van der Waals surface area contributed by atoms with Gasteiger partial charge in [0.2, 0.25) is 16.3 Å². The number of aliphatic hydroxyl groups is 2. The minimum atomic E-state index is -2.07. The summed E-state index contributed by atoms with van der Waals surface area (Å²) in [5.74, 6) is -2.76. The van der Waals surface area contributed by atoms with E-state index in [1.54, 1.807) is 0 Å². The molecular weight excluding hydrogens is 600 g/mol. The normalized spacial score (nSPS) is 17.4. The molecule has 2 heterocycles. The summed E-state index contributed by atoms with van der Waals surface area (Å²) in [6.07, 6.45) is 2.48. The first-order valence-electron chi connectivity index (χ1n) is 12.9. The Kier molecular flexibility index (Phi) is 5.65. The lowest BCUT2D eigenvalue weighted by molar-refractivity contribution is 0.362. The molecule has 1 spiro atoms. The number of H-pyrrole nitrogens is 1. The van der Waals surface area contributed by atoms with Gasteiger partial charge in [-0.25, -0.2) is 0 Å². The Morgan fingerprint density at radius 3 is 2.30 bits per heavy atom. The molecule has 4 aliphatic carbocycles. The van der Waals surface area contributed by atoms with Crippen LogP contribution in [0.2, 0.25) is 5.02 Å². The van der Waals surface area contributed by atoms with E-state index in [-0.39, 0.29) is 46.3 Å². The molecule has 2 aromatic heterocycles. The van der Waals surface area contributed by atoms with Crippen LogP contribution in [0.25, 0.3) is 22.3 Å². The molecule has 0 radical (unpaired) electrons. The number of phenols is 1. The number of nitrogens with zero attached hydrogens (tertiary/aromatic N) is 5. The van der Waals surface area contributed by atoms with E-state index >= 15 is 0 Å². The highest BCUT2D eigenvalue weighted by molar-refractivity contribution is 6.37. The van der Waals surface area contributed by atoms with Crippen molar-refractivity contribution in [2.75, 3.05) is 7.11 Å². The third-order valence-corrected chi connectivity index (χ3v) is 8.66. The van der Waals surface area contributed by atoms with E-state index < -0.39 is 76.6 Å². The van der Waals surface area contributed by atoms with Gasteiger partial charge < -0.3 is 25.0 Å². The number of phenolic OH excluding ortho intramolecular Hbond substituents is 1. The third kappa shape index (κ3) is 3.29. The van der Waals surface area contributed by atoms with Crippen LogP contribution in [0.1, 0.15) is 23.2 Å². The number of aromatic amines is 1. The van der Waals surface area contributed by atoms with Crippen molar-refractivity contribution in [3.8, 4) is 11.5 Å². The van der Waals surface area contributed by atoms with Crippen molar-refractivity contribution in [1.29, 1.82) is 0 Å². The van der Waals surface area contributed by atoms with E-state index in [9.17, 15) is 39.3 Å². The van der Waals surface area contributed by atoms with Gasteiger partial charge in [-0.2, -0.15) is 9.79 Å². The fraction of sp³-hybridized carbons (Fsp3) is 0.179. The van der Waals surface area contributed by atoms with Gasteiger partial charge in [0.25, 0.3) is 5.56 Å². The zero-order valence-electron chi connectivity index (χ0n) is 22.3. The number of aliphatic hydroxyl groups excluding tert-OH is 2. The lowest BCUT2D eigenvalue weighted by Crippen LogP contribution is -2.51. The smallest absolute Gasteiger partial charge is 0.259 e. The van der Waals surface area contributed by atoms with Crippen molar-refractivity contribution in [2.24, 2.45) is 10.3 Å². The number of nitrogens with one attached hydrogen (secondary N) is 1. The number of halogens is 1. The van der Waals surface area contributed by atoms with Gasteiger partial charge in [-0.05, 0) is 24.5 Å². The molecule has 0 bridgehead atoms. The van der Waals surface area contributed by atoms with Gasteiger partial charge in [0, 0.05) is 22.7 Å². The molecule has 1 aromatic carbocycles. The van der Waals surface area contributed by atoms with Crippen LogP contribution in [-0.2, 0) is 18.4 Å². The van der Waals surface area contributed by atoms with Crippen molar-refractivity contribution in [3.05, 3.63) is 119 Å². The lowest BCUT2D eigenvalue weighted by Gasteiger charge is -2.27. The first kappa shape index (κ1) is 27.2. The molecule has 1 atom stereocenters. The van der Waals surface area contributed by atoms with E-state index in [1.165, 1.54) is 23.4 Å². The number of aromatic hydroxyl groups is 1. The highest BCUT2D eigenvalue weighted by Gasteiger charge is 2.53. The molecule has 0 fully saturated rings. The van der Waals surface area contributed by atoms with Gasteiger partial charge in [-0.15, -0.1) is 10.2 Å². The maximum absolute atomic E-state index is 13.6. The summed E-state index contributed by atoms with van der Waals surface area (Å²) in [6, 6.07) is 2.26. The molecular formula is C28H17ClN6O9. The number of hydrogen-bond acceptors (Lipinski definition) is 13. The average Bonchev–Trinajstić information content (AvgIpc) is 3.71. The predicted octanol–water partition coefficient (Wildman–Crippen LogP) is -0.826. The SMILES string of the molecule is COc1cc(=O)c2c(=O)c3c(c(=O)c=2c1=O)=C(O)[C@]1(CCc2c1c(O)c1c(=O)[nH]c(CN=Nn4cnnc4)cc1c2Cl)C=3O. The minimum absolute atomic E-state index is 0.0209. The summed E-state index contributed by atoms with van der Waals surface area (Å²) in [5.41, 5.74) is -6.83. The number of methoxy groups -OCH3 is 1. The highest BCUT2D eigenvalue weighted by atomic mass is 35.5. The van der Waals surface area contributed by atoms with Crippen LogP contribution in [-0.4, -0.2) is 42.3 Å². The summed E-state index contributed by atoms with van der Waals surface area (Å²) in [4.78, 5) is 68.8. The second kappa shape index (κ2) is 9.15. The van der Waals surface area contributed by atoms with E-state index in [2.05, 4.69) is 25.5 Å². The molecule has 16 heteroatoms. The zero-order chi connectivity index (χ0) is 31.2. The Morgan fingerprint density at radius 2 is 1.64 bits per heavy atom. The molecule has 3 aromatic rings. The molecule has 0 unspecified atom stereocenters. The van der Waals surface area contributed by atoms with Crippen molar-refractivity contribution < 1.29 is 20.1 Å². The molecule has 7 rings (SSSR count). The maximum Gasteiger partial charge on any atom is 0.259 e. The van der Waals surface area contributed by atoms with Crippen LogP contribution in [0.3, 0.4) is 0 Å². The summed E-state index contributed by atoms with van der Waals surface area (Å²) >= 11 is 6.77. The van der Waals surface area contributed by atoms with Crippen LogP contribution in [0.4, 0.5) is 0 Å². The maximum atomic E-state index is 13.6. The number of pyridine rings is 1. The molecule has 0 amide bonds. The van der Waals surface area contributed by atoms with Crippen molar-refractivity contribution in [3.63, 3.8) is 0 Å². The van der Waals surface area contributed by atoms with Gasteiger partial charge in [0.15, 0.2) is 11.2 Å². The van der Waals surface area contributed by atoms with Gasteiger partial charge in [-0.3, -0.25) is 24.0 Å². The Labute approximate surface area is 246 Å². The van der Waals surface area contributed by atoms with E-state index in [0.717, 1.165) is 13.2 Å². The Balaban J connectivity index is 1.51. The summed E-state index contributed by atoms with van der Waals surface area (Å²) < 4.78 is 6.13. The van der Waals surface area contributed by atoms with E-state index in [0.29, 0.717) is 5.69 Å². The molecule has 44 heavy (non-hydrogen) atoms. The number of benzene rings is 1. The van der Waals surface area contributed by atoms with Crippen molar-refractivity contribution in [2.45, 2.75) is 24.8 Å². The summed E-state index contributed by atoms with van der Waals surface area (Å²) in [6.45, 7) is -0.0831. The monoisotopic (exact) mass is 616 g/mol. The molecule has 0 saturated carbocycles. The van der Waals surface area contributed by atoms with Crippen LogP contribution >= 0.6 is 11.6 Å². The van der Waals surface area contributed by atoms with Crippen LogP contribution < -0.4 is 42.4 Å². The average molecular weight is 617 g/mol. The minimum Gasteiger partial charge on any atom is -0.510 e. The molecule has 4 N–H and O–H groups in total. The number of aromatic nitrogens is 4. The van der Waals surface area contributed by atoms with Gasteiger partial charge in [-0.1, -0.05) is 16.8 Å². The molecule has 4 aliphatic rings. The zero-order valence-corrected chi connectivity index (χ0v) is 23.1. The molecule has 0 aliphatic heterocycles. The van der Waals surface area contributed by atoms with Crippen molar-refractivity contribution >= 4 is 33.9 Å². The number of hydrogen-bond donors (Lipinski definition) is 4. The predicted molar refractivity (Wildman–Crippen MR) is 152 cm³/mol. The van der Waals surface area contributed by atoms with E-state index in [1.807, 2.05) is 0 Å². The van der Waals surface area contributed by atoms with Crippen molar-refractivity contribution in [1.82, 2.24) is 19.9 Å². The Hall–Kier alpha value is -5.70. The van der Waals surface area contributed by atoms with Gasteiger partial charge in [0.1, 0.15) is 41.9 Å². The van der Waals surface area contributed by atoms with Gasteiger partial charge in [0.05, 0.1) is 38.4 Å². The second-order valence-electron chi connectivity index (χ2n) is 10.3. The van der Waals surface area contributed by atoms with Crippen LogP contribution in [0, 0.1) is 10.4 Å². The first-order valence-corrected chi connectivity index (χ1v) is 13.3. The largest absolute Gasteiger partial charge is 0.510 e. The highest BCUT2D eigenvalue weighted by Crippen LogP contribution is 2.56. The fourth-order valence-electron chi connectivity index (χ4n) is 6.35. The number of rotatable bonds is 4. The fourth-order valence-corrected chi connectivity index (χ4v) is 6.69. The second-order valence-corrected chi connectivity index (χ2v) is 10.7. The lowest BCUT2D eigenvalue weighted by atomic mass is 9.78. The van der Waals surface area contributed by atoms with Gasteiger partial charge >= 0.3 is 0 Å².